The maximum atomic E-state index is 13.5. The molecule has 5 aliphatic rings. The molecule has 2 bridgehead atoms. The smallest absolute Gasteiger partial charge is 0.415 e. The first kappa shape index (κ1) is 27.2. The Bertz CT molecular complexity index is 1650. The molecule has 8 rings (SSSR count). The van der Waals surface area contributed by atoms with Crippen LogP contribution >= 0.6 is 11.6 Å². The summed E-state index contributed by atoms with van der Waals surface area (Å²) in [5, 5.41) is 11.0. The molecular weight excluding hydrogens is 566 g/mol. The molecule has 3 aromatic rings. The zero-order valence-electron chi connectivity index (χ0n) is 23.7. The highest BCUT2D eigenvalue weighted by Gasteiger charge is 2.92. The molecule has 0 radical (unpaired) electrons. The second kappa shape index (κ2) is 9.41. The van der Waals surface area contributed by atoms with E-state index in [4.69, 9.17) is 25.8 Å². The van der Waals surface area contributed by atoms with Crippen molar-refractivity contribution in [2.45, 2.75) is 56.9 Å². The predicted molar refractivity (Wildman–Crippen MR) is 153 cm³/mol. The van der Waals surface area contributed by atoms with Crippen molar-refractivity contribution >= 4 is 46.6 Å². The average molecular weight is 598 g/mol. The topological polar surface area (TPSA) is 141 Å². The third-order valence-electron chi connectivity index (χ3n) is 8.47. The van der Waals surface area contributed by atoms with Crippen LogP contribution in [0.25, 0.3) is 5.65 Å². The van der Waals surface area contributed by atoms with Gasteiger partial charge in [0.1, 0.15) is 28.5 Å². The molecule has 3 aromatic heterocycles. The molecule has 2 saturated carbocycles. The Kier molecular flexibility index (Phi) is 6.09. The van der Waals surface area contributed by atoms with E-state index in [2.05, 4.69) is 20.7 Å². The van der Waals surface area contributed by atoms with Gasteiger partial charge in [-0.05, 0) is 39.7 Å². The highest BCUT2D eigenvalue weighted by molar-refractivity contribution is 6.30. The van der Waals surface area contributed by atoms with Crippen molar-refractivity contribution < 1.29 is 23.8 Å². The number of fused-ring (bicyclic) bond motifs is 2. The molecule has 3 saturated heterocycles. The Hall–Kier alpha value is -3.68. The first-order valence-electron chi connectivity index (χ1n) is 14.0. The van der Waals surface area contributed by atoms with Gasteiger partial charge in [-0.3, -0.25) is 14.5 Å². The van der Waals surface area contributed by atoms with E-state index < -0.39 is 11.7 Å². The molecule has 14 heteroatoms. The Morgan fingerprint density at radius 3 is 2.74 bits per heavy atom. The third-order valence-corrected chi connectivity index (χ3v) is 8.68. The van der Waals surface area contributed by atoms with Crippen LogP contribution in [0.4, 0.5) is 22.1 Å². The summed E-state index contributed by atoms with van der Waals surface area (Å²) in [5.41, 5.74) is -0.707. The number of amides is 2. The lowest BCUT2D eigenvalue weighted by Gasteiger charge is -2.25. The minimum absolute atomic E-state index is 0.0758. The first-order chi connectivity index (χ1) is 20.0. The van der Waals surface area contributed by atoms with Crippen molar-refractivity contribution in [3.8, 4) is 0 Å². The zero-order chi connectivity index (χ0) is 29.6. The lowest BCUT2D eigenvalue weighted by molar-refractivity contribution is 0.0580. The number of nitrogens with one attached hydrogen (secondary N) is 2. The van der Waals surface area contributed by atoms with Gasteiger partial charge < -0.3 is 29.4 Å². The van der Waals surface area contributed by atoms with Crippen molar-refractivity contribution in [2.24, 2.45) is 11.8 Å². The summed E-state index contributed by atoms with van der Waals surface area (Å²) in [6, 6.07) is 2.93. The number of pyridine rings is 1. The first-order valence-corrected chi connectivity index (χ1v) is 14.4. The van der Waals surface area contributed by atoms with Crippen LogP contribution in [-0.2, 0) is 14.2 Å². The van der Waals surface area contributed by atoms with Gasteiger partial charge in [-0.2, -0.15) is 9.61 Å². The normalized spacial score (nSPS) is 27.4. The fraction of sp³-hybridized carbons (Fsp3) is 0.536. The average Bonchev–Trinajstić information content (AvgIpc) is 3.41. The number of aromatic nitrogens is 4. The van der Waals surface area contributed by atoms with Gasteiger partial charge in [0.2, 0.25) is 0 Å². The van der Waals surface area contributed by atoms with Gasteiger partial charge in [0.05, 0.1) is 42.1 Å². The standard InChI is InChI=1S/C28H32ClN7O6/c1-27(2,3)42-26(39)34(4)20-9-19(31-18-8-14(29)11-35(25(18)38)15-6-5-7-40-12-15)32-23-16(10-30-36(20)23)24(37)33-28-17-13-41-22(28)21(17)28/h8-11,15,17,21-22H,5-7,12-13H2,1-4H3,(H,31,32)(H,33,37). The van der Waals surface area contributed by atoms with Gasteiger partial charge in [-0.25, -0.2) is 9.78 Å². The molecule has 5 atom stereocenters. The maximum Gasteiger partial charge on any atom is 0.415 e. The molecular formula is C28H32ClN7O6. The van der Waals surface area contributed by atoms with E-state index in [1.807, 2.05) is 0 Å². The van der Waals surface area contributed by atoms with Crippen molar-refractivity contribution in [2.75, 3.05) is 37.1 Å². The lowest BCUT2D eigenvalue weighted by Crippen LogP contribution is -2.36. The molecule has 2 N–H and O–H groups in total. The van der Waals surface area contributed by atoms with Crippen LogP contribution in [0.2, 0.25) is 5.02 Å². The number of carbonyl (C=O) groups is 2. The number of hydrogen-bond donors (Lipinski definition) is 2. The van der Waals surface area contributed by atoms with E-state index in [1.165, 1.54) is 28.7 Å². The van der Waals surface area contributed by atoms with E-state index in [9.17, 15) is 14.4 Å². The van der Waals surface area contributed by atoms with Crippen LogP contribution < -0.4 is 21.1 Å². The molecule has 2 aliphatic carbocycles. The minimum Gasteiger partial charge on any atom is -0.443 e. The summed E-state index contributed by atoms with van der Waals surface area (Å²) >= 11 is 6.43. The summed E-state index contributed by atoms with van der Waals surface area (Å²) in [6.45, 7) is 7.04. The Morgan fingerprint density at radius 2 is 2.07 bits per heavy atom. The third kappa shape index (κ3) is 4.33. The van der Waals surface area contributed by atoms with Gasteiger partial charge in [-0.15, -0.1) is 0 Å². The second-order valence-corrected chi connectivity index (χ2v) is 12.8. The minimum atomic E-state index is -0.742. The van der Waals surface area contributed by atoms with Gasteiger partial charge in [0, 0.05) is 37.8 Å². The number of carbonyl (C=O) groups excluding carboxylic acids is 2. The van der Waals surface area contributed by atoms with Crippen molar-refractivity contribution in [1.29, 1.82) is 0 Å². The molecule has 13 nitrogen and oxygen atoms in total. The molecule has 3 aliphatic heterocycles. The number of hydrogen-bond acceptors (Lipinski definition) is 9. The lowest BCUT2D eigenvalue weighted by atomic mass is 10.1. The van der Waals surface area contributed by atoms with Gasteiger partial charge in [-0.1, -0.05) is 11.6 Å². The van der Waals surface area contributed by atoms with Crippen LogP contribution in [0.1, 0.15) is 50.0 Å². The van der Waals surface area contributed by atoms with Crippen molar-refractivity contribution in [3.05, 3.63) is 45.5 Å². The molecule has 2 amide bonds. The van der Waals surface area contributed by atoms with Crippen LogP contribution in [0, 0.1) is 11.8 Å². The van der Waals surface area contributed by atoms with Crippen LogP contribution in [0.3, 0.4) is 0 Å². The van der Waals surface area contributed by atoms with Gasteiger partial charge in [0.15, 0.2) is 5.65 Å². The van der Waals surface area contributed by atoms with Crippen LogP contribution in [0.15, 0.2) is 29.3 Å². The van der Waals surface area contributed by atoms with E-state index in [-0.39, 0.29) is 57.7 Å². The molecule has 5 fully saturated rings. The highest BCUT2D eigenvalue weighted by Crippen LogP contribution is 2.77. The molecule has 42 heavy (non-hydrogen) atoms. The molecule has 222 valence electrons. The summed E-state index contributed by atoms with van der Waals surface area (Å²) in [6.07, 6.45) is 4.10. The fourth-order valence-corrected chi connectivity index (χ4v) is 6.48. The van der Waals surface area contributed by atoms with E-state index in [0.29, 0.717) is 36.7 Å². The Labute approximate surface area is 246 Å². The SMILES string of the molecule is CN(C(=O)OC(C)(C)C)c1cc(Nc2cc(Cl)cn(C3CCCOC3)c2=O)nc2c(C(=O)NC34C5COC3C54)cnn12. The van der Waals surface area contributed by atoms with Crippen molar-refractivity contribution in [3.63, 3.8) is 0 Å². The Morgan fingerprint density at radius 1 is 1.26 bits per heavy atom. The second-order valence-electron chi connectivity index (χ2n) is 12.4. The van der Waals surface area contributed by atoms with Crippen LogP contribution in [0.5, 0.6) is 0 Å². The van der Waals surface area contributed by atoms with E-state index in [1.54, 1.807) is 37.6 Å². The van der Waals surface area contributed by atoms with Gasteiger partial charge >= 0.3 is 6.09 Å². The number of anilines is 3. The molecule has 0 aromatic carbocycles. The largest absolute Gasteiger partial charge is 0.443 e. The predicted octanol–water partition coefficient (Wildman–Crippen LogP) is 3.14. The van der Waals surface area contributed by atoms with E-state index >= 15 is 0 Å². The summed E-state index contributed by atoms with van der Waals surface area (Å²) < 4.78 is 19.8. The van der Waals surface area contributed by atoms with Crippen molar-refractivity contribution in [1.82, 2.24) is 24.5 Å². The number of nitrogens with zero attached hydrogens (tertiary/aromatic N) is 5. The van der Waals surface area contributed by atoms with E-state index in [0.717, 1.165) is 12.8 Å². The highest BCUT2D eigenvalue weighted by atomic mass is 35.5. The molecule has 0 spiro atoms. The number of halogens is 1. The summed E-state index contributed by atoms with van der Waals surface area (Å²) in [4.78, 5) is 46.0. The molecule has 6 heterocycles. The quantitative estimate of drug-likeness (QED) is 0.438. The molecule has 5 unspecified atom stereocenters. The number of ether oxygens (including phenoxy) is 3. The summed E-state index contributed by atoms with van der Waals surface area (Å²) in [5.74, 6) is 0.888. The zero-order valence-corrected chi connectivity index (χ0v) is 24.5. The Balaban J connectivity index is 1.27. The maximum absolute atomic E-state index is 13.5. The van der Waals surface area contributed by atoms with Crippen LogP contribution in [-0.4, -0.2) is 75.3 Å². The number of rotatable bonds is 6. The fourth-order valence-electron chi connectivity index (χ4n) is 6.26. The summed E-state index contributed by atoms with van der Waals surface area (Å²) in [7, 11) is 1.54. The monoisotopic (exact) mass is 597 g/mol. The van der Waals surface area contributed by atoms with Gasteiger partial charge in [0.25, 0.3) is 11.5 Å².